The van der Waals surface area contributed by atoms with Gasteiger partial charge in [-0.3, -0.25) is 4.79 Å². The fourth-order valence-corrected chi connectivity index (χ4v) is 1.90. The molecule has 0 spiro atoms. The number of para-hydroxylation sites is 1. The van der Waals surface area contributed by atoms with Crippen LogP contribution in [0.2, 0.25) is 0 Å². The Morgan fingerprint density at radius 3 is 2.71 bits per heavy atom. The van der Waals surface area contributed by atoms with Crippen LogP contribution in [0.15, 0.2) is 42.5 Å². The lowest BCUT2D eigenvalue weighted by Crippen LogP contribution is -2.15. The van der Waals surface area contributed by atoms with Crippen molar-refractivity contribution >= 4 is 11.6 Å². The van der Waals surface area contributed by atoms with Gasteiger partial charge in [0, 0.05) is 5.56 Å². The van der Waals surface area contributed by atoms with Crippen LogP contribution in [0.25, 0.3) is 0 Å². The zero-order chi connectivity index (χ0) is 15.2. The lowest BCUT2D eigenvalue weighted by Gasteiger charge is -2.10. The maximum atomic E-state index is 13.8. The van der Waals surface area contributed by atoms with Gasteiger partial charge in [0.05, 0.1) is 11.3 Å². The number of rotatable bonds is 2. The number of hydrogen-bond acceptors (Lipinski definition) is 2. The van der Waals surface area contributed by atoms with Gasteiger partial charge in [-0.25, -0.2) is 4.39 Å². The minimum atomic E-state index is -0.484. The number of benzene rings is 2. The monoisotopic (exact) mass is 283 g/mol. The van der Waals surface area contributed by atoms with Crippen molar-refractivity contribution in [2.45, 2.75) is 6.92 Å². The Hall–Kier alpha value is -2.64. The van der Waals surface area contributed by atoms with Crippen molar-refractivity contribution in [3.8, 4) is 11.8 Å². The minimum Gasteiger partial charge on any atom is -0.384 e. The first kappa shape index (κ1) is 14.8. The molecule has 0 aliphatic carbocycles. The number of carbonyl (C=O) groups excluding carboxylic acids is 1. The number of aliphatic hydroxyl groups is 1. The molecule has 21 heavy (non-hydrogen) atoms. The Kier molecular flexibility index (Phi) is 4.70. The van der Waals surface area contributed by atoms with Crippen molar-refractivity contribution in [1.29, 1.82) is 0 Å². The maximum absolute atomic E-state index is 13.8. The number of aliphatic hydroxyl groups excluding tert-OH is 1. The number of amides is 1. The quantitative estimate of drug-likeness (QED) is 0.833. The first-order valence-electron chi connectivity index (χ1n) is 6.38. The number of aryl methyl sites for hydroxylation is 1. The van der Waals surface area contributed by atoms with Gasteiger partial charge in [-0.15, -0.1) is 0 Å². The third-order valence-electron chi connectivity index (χ3n) is 2.93. The number of nitrogens with one attached hydrogen (secondary N) is 1. The van der Waals surface area contributed by atoms with Crippen LogP contribution >= 0.6 is 0 Å². The second-order valence-corrected chi connectivity index (χ2v) is 4.39. The lowest BCUT2D eigenvalue weighted by atomic mass is 10.1. The molecule has 0 saturated heterocycles. The average molecular weight is 283 g/mol. The number of hydrogen-bond donors (Lipinski definition) is 2. The molecule has 0 saturated carbocycles. The average Bonchev–Trinajstić information content (AvgIpc) is 2.49. The smallest absolute Gasteiger partial charge is 0.257 e. The summed E-state index contributed by atoms with van der Waals surface area (Å²) in [5, 5.41) is 11.3. The summed E-state index contributed by atoms with van der Waals surface area (Å²) in [6.07, 6.45) is 0. The zero-order valence-corrected chi connectivity index (χ0v) is 11.5. The SMILES string of the molecule is Cc1cccc(F)c1NC(=O)c1ccccc1C#CCO. The van der Waals surface area contributed by atoms with E-state index in [0.717, 1.165) is 0 Å². The lowest BCUT2D eigenvalue weighted by molar-refractivity contribution is 0.102. The molecule has 106 valence electrons. The van der Waals surface area contributed by atoms with Gasteiger partial charge < -0.3 is 10.4 Å². The highest BCUT2D eigenvalue weighted by Crippen LogP contribution is 2.20. The first-order valence-corrected chi connectivity index (χ1v) is 6.38. The Bertz CT molecular complexity index is 709. The van der Waals surface area contributed by atoms with Crippen molar-refractivity contribution in [2.24, 2.45) is 0 Å². The van der Waals surface area contributed by atoms with Crippen molar-refractivity contribution in [3.63, 3.8) is 0 Å². The molecule has 3 nitrogen and oxygen atoms in total. The molecule has 4 heteroatoms. The molecular formula is C17H14FNO2. The highest BCUT2D eigenvalue weighted by Gasteiger charge is 2.13. The van der Waals surface area contributed by atoms with Crippen LogP contribution in [0, 0.1) is 24.6 Å². The molecule has 2 aromatic rings. The third-order valence-corrected chi connectivity index (χ3v) is 2.93. The summed E-state index contributed by atoms with van der Waals surface area (Å²) >= 11 is 0. The summed E-state index contributed by atoms with van der Waals surface area (Å²) < 4.78 is 13.8. The molecule has 0 fully saturated rings. The predicted octanol–water partition coefficient (Wildman–Crippen LogP) is 2.73. The van der Waals surface area contributed by atoms with Crippen molar-refractivity contribution < 1.29 is 14.3 Å². The summed E-state index contributed by atoms with van der Waals surface area (Å²) in [5.74, 6) is 4.28. The van der Waals surface area contributed by atoms with Crippen LogP contribution in [0.1, 0.15) is 21.5 Å². The van der Waals surface area contributed by atoms with E-state index in [4.69, 9.17) is 5.11 Å². The van der Waals surface area contributed by atoms with Gasteiger partial charge in [-0.2, -0.15) is 0 Å². The van der Waals surface area contributed by atoms with E-state index < -0.39 is 11.7 Å². The molecule has 0 unspecified atom stereocenters. The zero-order valence-electron chi connectivity index (χ0n) is 11.5. The summed E-state index contributed by atoms with van der Waals surface area (Å²) in [6.45, 7) is 1.43. The second-order valence-electron chi connectivity index (χ2n) is 4.39. The van der Waals surface area contributed by atoms with Gasteiger partial charge in [-0.1, -0.05) is 36.1 Å². The summed E-state index contributed by atoms with van der Waals surface area (Å²) in [4.78, 5) is 12.3. The van der Waals surface area contributed by atoms with Crippen LogP contribution in [0.3, 0.4) is 0 Å². The molecule has 0 aliphatic heterocycles. The highest BCUT2D eigenvalue weighted by molar-refractivity contribution is 6.06. The normalized spacial score (nSPS) is 9.67. The number of halogens is 1. The van der Waals surface area contributed by atoms with E-state index in [0.29, 0.717) is 16.7 Å². The van der Waals surface area contributed by atoms with Gasteiger partial charge >= 0.3 is 0 Å². The van der Waals surface area contributed by atoms with Crippen LogP contribution in [-0.2, 0) is 0 Å². The van der Waals surface area contributed by atoms with E-state index in [1.165, 1.54) is 6.07 Å². The molecule has 0 atom stereocenters. The highest BCUT2D eigenvalue weighted by atomic mass is 19.1. The first-order chi connectivity index (χ1) is 10.1. The molecule has 2 N–H and O–H groups in total. The largest absolute Gasteiger partial charge is 0.384 e. The Morgan fingerprint density at radius 2 is 2.00 bits per heavy atom. The standard InChI is InChI=1S/C17H14FNO2/c1-12-6-4-10-15(18)16(12)19-17(21)14-9-3-2-7-13(14)8-5-11-20/h2-4,6-7,9-10,20H,11H2,1H3,(H,19,21). The van der Waals surface area contributed by atoms with E-state index in [9.17, 15) is 9.18 Å². The topological polar surface area (TPSA) is 49.3 Å². The molecule has 2 aromatic carbocycles. The van der Waals surface area contributed by atoms with Crippen molar-refractivity contribution in [2.75, 3.05) is 11.9 Å². The van der Waals surface area contributed by atoms with E-state index in [-0.39, 0.29) is 12.3 Å². The predicted molar refractivity (Wildman–Crippen MR) is 79.5 cm³/mol. The molecule has 0 aliphatic rings. The van der Waals surface area contributed by atoms with Gasteiger partial charge in [0.25, 0.3) is 5.91 Å². The van der Waals surface area contributed by atoms with Crippen molar-refractivity contribution in [3.05, 3.63) is 65.0 Å². The van der Waals surface area contributed by atoms with Crippen LogP contribution in [-0.4, -0.2) is 17.6 Å². The Morgan fingerprint density at radius 1 is 1.24 bits per heavy atom. The second kappa shape index (κ2) is 6.69. The van der Waals surface area contributed by atoms with Gasteiger partial charge in [0.1, 0.15) is 12.4 Å². The van der Waals surface area contributed by atoms with Crippen LogP contribution in [0.5, 0.6) is 0 Å². The number of anilines is 1. The fourth-order valence-electron chi connectivity index (χ4n) is 1.90. The summed E-state index contributed by atoms with van der Waals surface area (Å²) in [7, 11) is 0. The molecule has 1 amide bonds. The van der Waals surface area contributed by atoms with Gasteiger partial charge in [0.15, 0.2) is 0 Å². The van der Waals surface area contributed by atoms with E-state index in [2.05, 4.69) is 17.2 Å². The molecule has 0 heterocycles. The maximum Gasteiger partial charge on any atom is 0.257 e. The van der Waals surface area contributed by atoms with Crippen LogP contribution < -0.4 is 5.32 Å². The van der Waals surface area contributed by atoms with Gasteiger partial charge in [0.2, 0.25) is 0 Å². The van der Waals surface area contributed by atoms with E-state index in [1.54, 1.807) is 43.3 Å². The fraction of sp³-hybridized carbons (Fsp3) is 0.118. The molecule has 0 aromatic heterocycles. The van der Waals surface area contributed by atoms with E-state index >= 15 is 0 Å². The van der Waals surface area contributed by atoms with Gasteiger partial charge in [-0.05, 0) is 30.7 Å². The molecule has 0 radical (unpaired) electrons. The summed E-state index contributed by atoms with van der Waals surface area (Å²) in [5.41, 5.74) is 1.62. The Balaban J connectivity index is 2.33. The molecule has 2 rings (SSSR count). The third kappa shape index (κ3) is 3.47. The summed E-state index contributed by atoms with van der Waals surface area (Å²) in [6, 6.07) is 11.3. The minimum absolute atomic E-state index is 0.160. The van der Waals surface area contributed by atoms with Crippen LogP contribution in [0.4, 0.5) is 10.1 Å². The van der Waals surface area contributed by atoms with Crippen molar-refractivity contribution in [1.82, 2.24) is 0 Å². The Labute approximate surface area is 122 Å². The number of carbonyl (C=O) groups is 1. The molecular weight excluding hydrogens is 269 g/mol. The molecule has 0 bridgehead atoms. The van der Waals surface area contributed by atoms with E-state index in [1.807, 2.05) is 0 Å².